The first-order valence-corrected chi connectivity index (χ1v) is 7.43. The van der Waals surface area contributed by atoms with Gasteiger partial charge in [0.1, 0.15) is 0 Å². The van der Waals surface area contributed by atoms with Crippen molar-refractivity contribution in [2.24, 2.45) is 0 Å². The summed E-state index contributed by atoms with van der Waals surface area (Å²) in [5, 5.41) is 0. The summed E-state index contributed by atoms with van der Waals surface area (Å²) in [5.74, 6) is 0. The first-order valence-electron chi connectivity index (χ1n) is 4.02. The molecule has 0 fully saturated rings. The molecule has 1 aliphatic carbocycles. The largest absolute Gasteiger partial charge is 0.408 e. The molecule has 0 aliphatic heterocycles. The highest BCUT2D eigenvalue weighted by Gasteiger charge is 2.19. The smallest absolute Gasteiger partial charge is 0.184 e. The molecule has 0 amide bonds. The normalized spacial score (nSPS) is 24.0. The molecule has 0 N–H and O–H groups in total. The van der Waals surface area contributed by atoms with Crippen LogP contribution in [0.4, 0.5) is 0 Å². The molecule has 0 spiro atoms. The van der Waals surface area contributed by atoms with E-state index in [1.165, 1.54) is 5.57 Å². The van der Waals surface area contributed by atoms with Gasteiger partial charge in [-0.3, -0.25) is 0 Å². The first kappa shape index (κ1) is 8.75. The highest BCUT2D eigenvalue weighted by molar-refractivity contribution is 6.69. The first-order chi connectivity index (χ1) is 4.97. The van der Waals surface area contributed by atoms with Gasteiger partial charge >= 0.3 is 0 Å². The van der Waals surface area contributed by atoms with Crippen LogP contribution < -0.4 is 0 Å². The van der Waals surface area contributed by atoms with Crippen LogP contribution in [0.2, 0.25) is 19.6 Å². The summed E-state index contributed by atoms with van der Waals surface area (Å²) in [6, 6.07) is 0. The van der Waals surface area contributed by atoms with Gasteiger partial charge in [-0.1, -0.05) is 23.8 Å². The Morgan fingerprint density at radius 2 is 2.00 bits per heavy atom. The molecular weight excluding hydrogens is 152 g/mol. The maximum atomic E-state index is 5.84. The average Bonchev–Trinajstić information content (AvgIpc) is 2.10. The predicted molar refractivity (Wildman–Crippen MR) is 51.1 cm³/mol. The van der Waals surface area contributed by atoms with Gasteiger partial charge in [0.25, 0.3) is 0 Å². The van der Waals surface area contributed by atoms with Crippen LogP contribution in [0.3, 0.4) is 0 Å². The van der Waals surface area contributed by atoms with Crippen LogP contribution in [0.25, 0.3) is 0 Å². The van der Waals surface area contributed by atoms with Crippen LogP contribution in [0.5, 0.6) is 0 Å². The van der Waals surface area contributed by atoms with E-state index in [-0.39, 0.29) is 6.10 Å². The Kier molecular flexibility index (Phi) is 2.35. The Labute approximate surface area is 69.9 Å². The number of allylic oxidation sites excluding steroid dienone is 2. The maximum Gasteiger partial charge on any atom is 0.184 e. The Morgan fingerprint density at radius 1 is 1.36 bits per heavy atom. The lowest BCUT2D eigenvalue weighted by Gasteiger charge is -2.20. The number of rotatable bonds is 2. The van der Waals surface area contributed by atoms with E-state index in [2.05, 4.69) is 44.8 Å². The third-order valence-electron chi connectivity index (χ3n) is 1.47. The highest BCUT2D eigenvalue weighted by atomic mass is 28.4. The summed E-state index contributed by atoms with van der Waals surface area (Å²) >= 11 is 0. The van der Waals surface area contributed by atoms with Crippen molar-refractivity contribution < 1.29 is 4.43 Å². The Hall–Kier alpha value is -0.343. The van der Waals surface area contributed by atoms with E-state index >= 15 is 0 Å². The van der Waals surface area contributed by atoms with Crippen LogP contribution >= 0.6 is 0 Å². The zero-order chi connectivity index (χ0) is 8.48. The van der Waals surface area contributed by atoms with Gasteiger partial charge in [-0.25, -0.2) is 0 Å². The minimum Gasteiger partial charge on any atom is -0.408 e. The molecule has 11 heavy (non-hydrogen) atoms. The Balaban J connectivity index is 2.48. The van der Waals surface area contributed by atoms with E-state index in [0.717, 1.165) is 0 Å². The van der Waals surface area contributed by atoms with Crippen molar-refractivity contribution in [2.45, 2.75) is 32.7 Å². The molecule has 0 radical (unpaired) electrons. The quantitative estimate of drug-likeness (QED) is 0.576. The van der Waals surface area contributed by atoms with Gasteiger partial charge in [0.2, 0.25) is 0 Å². The Morgan fingerprint density at radius 3 is 2.36 bits per heavy atom. The minimum atomic E-state index is -1.35. The van der Waals surface area contributed by atoms with E-state index in [4.69, 9.17) is 4.43 Å². The summed E-state index contributed by atoms with van der Waals surface area (Å²) in [7, 11) is -1.35. The fourth-order valence-electron chi connectivity index (χ4n) is 1.10. The summed E-state index contributed by atoms with van der Waals surface area (Å²) in [5.41, 5.74) is 1.31. The molecule has 0 aromatic rings. The molecule has 1 atom stereocenters. The van der Waals surface area contributed by atoms with Crippen molar-refractivity contribution in [2.75, 3.05) is 0 Å². The van der Waals surface area contributed by atoms with Crippen molar-refractivity contribution in [1.82, 2.24) is 0 Å². The highest BCUT2D eigenvalue weighted by Crippen LogP contribution is 2.16. The monoisotopic (exact) mass is 168 g/mol. The molecule has 1 unspecified atom stereocenters. The van der Waals surface area contributed by atoms with Crippen LogP contribution in [0.15, 0.2) is 23.8 Å². The predicted octanol–water partition coefficient (Wildman–Crippen LogP) is 2.72. The van der Waals surface area contributed by atoms with Gasteiger partial charge in [0, 0.05) is 0 Å². The summed E-state index contributed by atoms with van der Waals surface area (Å²) in [4.78, 5) is 0. The van der Waals surface area contributed by atoms with E-state index in [9.17, 15) is 0 Å². The molecule has 1 nitrogen and oxygen atoms in total. The Bertz CT molecular complexity index is 198. The second-order valence-corrected chi connectivity index (χ2v) is 8.43. The molecule has 2 heteroatoms. The van der Waals surface area contributed by atoms with Gasteiger partial charge < -0.3 is 4.43 Å². The van der Waals surface area contributed by atoms with Crippen molar-refractivity contribution in [3.8, 4) is 0 Å². The molecule has 1 rings (SSSR count). The average molecular weight is 168 g/mol. The summed E-state index contributed by atoms with van der Waals surface area (Å²) in [6.07, 6.45) is 6.65. The topological polar surface area (TPSA) is 9.23 Å². The van der Waals surface area contributed by atoms with Crippen LogP contribution in [-0.2, 0) is 4.43 Å². The molecule has 0 saturated carbocycles. The van der Waals surface area contributed by atoms with Gasteiger partial charge in [0.05, 0.1) is 6.10 Å². The fourth-order valence-corrected chi connectivity index (χ4v) is 2.06. The van der Waals surface area contributed by atoms with Gasteiger partial charge in [-0.15, -0.1) is 0 Å². The van der Waals surface area contributed by atoms with E-state index in [1.54, 1.807) is 0 Å². The van der Waals surface area contributed by atoms with Crippen LogP contribution in [0.1, 0.15) is 6.92 Å². The van der Waals surface area contributed by atoms with E-state index < -0.39 is 8.32 Å². The van der Waals surface area contributed by atoms with Crippen LogP contribution in [-0.4, -0.2) is 14.4 Å². The lowest BCUT2D eigenvalue weighted by molar-refractivity contribution is 0.291. The van der Waals surface area contributed by atoms with Gasteiger partial charge in [-0.2, -0.15) is 0 Å². The van der Waals surface area contributed by atoms with Gasteiger partial charge in [-0.05, 0) is 26.6 Å². The van der Waals surface area contributed by atoms with E-state index in [0.29, 0.717) is 0 Å². The number of hydrogen-bond donors (Lipinski definition) is 0. The fraction of sp³-hybridized carbons (Fsp3) is 0.556. The van der Waals surface area contributed by atoms with Crippen molar-refractivity contribution >= 4 is 8.32 Å². The van der Waals surface area contributed by atoms with Crippen LogP contribution in [0, 0.1) is 0 Å². The second kappa shape index (κ2) is 2.95. The standard InChI is InChI=1S/C9H16OSi/c1-8-5-6-9(7-8)10-11(2,3)4/h5-7,9H,1-4H3. The van der Waals surface area contributed by atoms with Crippen molar-refractivity contribution in [3.63, 3.8) is 0 Å². The van der Waals surface area contributed by atoms with E-state index in [1.807, 2.05) is 0 Å². The third kappa shape index (κ3) is 3.04. The van der Waals surface area contributed by atoms with Crippen molar-refractivity contribution in [1.29, 1.82) is 0 Å². The second-order valence-electron chi connectivity index (χ2n) is 3.96. The lowest BCUT2D eigenvalue weighted by atomic mass is 10.3. The van der Waals surface area contributed by atoms with Gasteiger partial charge in [0.15, 0.2) is 8.32 Å². The zero-order valence-electron chi connectivity index (χ0n) is 7.72. The minimum absolute atomic E-state index is 0.252. The molecule has 0 aromatic heterocycles. The summed E-state index contributed by atoms with van der Waals surface area (Å²) in [6.45, 7) is 8.73. The zero-order valence-corrected chi connectivity index (χ0v) is 8.72. The molecular formula is C9H16OSi. The SMILES string of the molecule is CC1=CC(O[Si](C)(C)C)C=C1. The molecule has 0 saturated heterocycles. The molecule has 0 heterocycles. The molecule has 0 aromatic carbocycles. The van der Waals surface area contributed by atoms with Crippen molar-refractivity contribution in [3.05, 3.63) is 23.8 Å². The number of hydrogen-bond acceptors (Lipinski definition) is 1. The molecule has 0 bridgehead atoms. The lowest BCUT2D eigenvalue weighted by Crippen LogP contribution is -2.29. The molecule has 62 valence electrons. The maximum absolute atomic E-state index is 5.84. The molecule has 1 aliphatic rings. The summed E-state index contributed by atoms with van der Waals surface area (Å²) < 4.78 is 5.84. The third-order valence-corrected chi connectivity index (χ3v) is 2.44.